The van der Waals surface area contributed by atoms with E-state index in [1.807, 2.05) is 0 Å². The number of ether oxygens (including phenoxy) is 1. The first kappa shape index (κ1) is 18.9. The van der Waals surface area contributed by atoms with Crippen LogP contribution in [0.5, 0.6) is 0 Å². The molecule has 1 aromatic rings. The first-order chi connectivity index (χ1) is 10.1. The highest BCUT2D eigenvalue weighted by atomic mass is 35.5. The third kappa shape index (κ3) is 5.55. The number of carbonyl (C=O) groups is 1. The molecule has 0 radical (unpaired) electrons. The number of morpholine rings is 1. The van der Waals surface area contributed by atoms with Crippen molar-refractivity contribution in [2.45, 2.75) is 32.4 Å². The summed E-state index contributed by atoms with van der Waals surface area (Å²) in [7, 11) is 0. The molecule has 1 amide bonds. The molecule has 124 valence electrons. The molecule has 6 heteroatoms. The highest BCUT2D eigenvalue weighted by Crippen LogP contribution is 2.12. The van der Waals surface area contributed by atoms with Gasteiger partial charge in [0.1, 0.15) is 11.9 Å². The van der Waals surface area contributed by atoms with Gasteiger partial charge in [0.15, 0.2) is 0 Å². The molecule has 2 rings (SSSR count). The molecule has 2 N–H and O–H groups in total. The second-order valence-corrected chi connectivity index (χ2v) is 5.75. The van der Waals surface area contributed by atoms with Crippen LogP contribution in [0.3, 0.4) is 0 Å². The van der Waals surface area contributed by atoms with E-state index >= 15 is 0 Å². The summed E-state index contributed by atoms with van der Waals surface area (Å²) in [6, 6.07) is 6.42. The predicted molar refractivity (Wildman–Crippen MR) is 86.7 cm³/mol. The Morgan fingerprint density at radius 3 is 2.64 bits per heavy atom. The maximum Gasteiger partial charge on any atom is 0.250 e. The largest absolute Gasteiger partial charge is 0.366 e. The minimum atomic E-state index is -0.423. The summed E-state index contributed by atoms with van der Waals surface area (Å²) >= 11 is 0. The Morgan fingerprint density at radius 2 is 2.09 bits per heavy atom. The first-order valence-corrected chi connectivity index (χ1v) is 7.43. The molecule has 1 aliphatic heterocycles. The van der Waals surface area contributed by atoms with Crippen LogP contribution in [0.15, 0.2) is 24.3 Å². The van der Waals surface area contributed by atoms with Crippen LogP contribution < -0.4 is 10.6 Å². The van der Waals surface area contributed by atoms with E-state index in [0.29, 0.717) is 19.6 Å². The van der Waals surface area contributed by atoms with Gasteiger partial charge in [-0.15, -0.1) is 12.4 Å². The summed E-state index contributed by atoms with van der Waals surface area (Å²) in [5.41, 5.74) is 1.01. The second-order valence-electron chi connectivity index (χ2n) is 5.75. The molecule has 1 fully saturated rings. The van der Waals surface area contributed by atoms with Gasteiger partial charge in [0, 0.05) is 19.1 Å². The first-order valence-electron chi connectivity index (χ1n) is 7.43. The van der Waals surface area contributed by atoms with Gasteiger partial charge in [-0.1, -0.05) is 26.0 Å². The van der Waals surface area contributed by atoms with Gasteiger partial charge < -0.3 is 15.4 Å². The Bertz CT molecular complexity index is 462. The predicted octanol–water partition coefficient (Wildman–Crippen LogP) is 1.92. The Kier molecular flexibility index (Phi) is 7.79. The molecule has 2 atom stereocenters. The summed E-state index contributed by atoms with van der Waals surface area (Å²) in [4.78, 5) is 12.2. The molecular formula is C16H24ClFN2O2. The normalized spacial score (nSPS) is 19.4. The van der Waals surface area contributed by atoms with Crippen molar-refractivity contribution >= 4 is 18.3 Å². The standard InChI is InChI=1S/C16H23FN2O2.ClH/c1-11(2)14(9-12-3-5-13(17)6-4-12)19-16(20)15-10-18-7-8-21-15;/h3-6,11,14-15,18H,7-10H2,1-2H3,(H,19,20);1H. The minimum Gasteiger partial charge on any atom is -0.366 e. The third-order valence-electron chi connectivity index (χ3n) is 3.72. The van der Waals surface area contributed by atoms with Gasteiger partial charge in [0.25, 0.3) is 5.91 Å². The van der Waals surface area contributed by atoms with Gasteiger partial charge >= 0.3 is 0 Å². The number of hydrogen-bond donors (Lipinski definition) is 2. The molecule has 1 saturated heterocycles. The van der Waals surface area contributed by atoms with Crippen LogP contribution in [0.1, 0.15) is 19.4 Å². The van der Waals surface area contributed by atoms with E-state index in [2.05, 4.69) is 24.5 Å². The van der Waals surface area contributed by atoms with Crippen LogP contribution in [-0.4, -0.2) is 37.7 Å². The number of carbonyl (C=O) groups excluding carboxylic acids is 1. The summed E-state index contributed by atoms with van der Waals surface area (Å²) < 4.78 is 18.4. The summed E-state index contributed by atoms with van der Waals surface area (Å²) in [5.74, 6) is -0.0378. The Morgan fingerprint density at radius 1 is 1.41 bits per heavy atom. The second kappa shape index (κ2) is 9.08. The topological polar surface area (TPSA) is 50.4 Å². The lowest BCUT2D eigenvalue weighted by atomic mass is 9.96. The zero-order valence-electron chi connectivity index (χ0n) is 13.0. The number of halogens is 2. The van der Waals surface area contributed by atoms with Crippen LogP contribution in [0.25, 0.3) is 0 Å². The molecule has 0 bridgehead atoms. The van der Waals surface area contributed by atoms with Gasteiger partial charge in [-0.3, -0.25) is 4.79 Å². The molecule has 0 aromatic heterocycles. The van der Waals surface area contributed by atoms with Crippen molar-refractivity contribution in [3.8, 4) is 0 Å². The number of rotatable bonds is 5. The molecular weight excluding hydrogens is 307 g/mol. The van der Waals surface area contributed by atoms with Gasteiger partial charge in [0.2, 0.25) is 0 Å². The van der Waals surface area contributed by atoms with Crippen molar-refractivity contribution in [1.82, 2.24) is 10.6 Å². The minimum absolute atomic E-state index is 0. The fraction of sp³-hybridized carbons (Fsp3) is 0.562. The monoisotopic (exact) mass is 330 g/mol. The summed E-state index contributed by atoms with van der Waals surface area (Å²) in [5, 5.41) is 6.20. The SMILES string of the molecule is CC(C)C(Cc1ccc(F)cc1)NC(=O)C1CNCCO1.Cl. The fourth-order valence-electron chi connectivity index (χ4n) is 2.34. The number of hydrogen-bond acceptors (Lipinski definition) is 3. The lowest BCUT2D eigenvalue weighted by molar-refractivity contribution is -0.135. The molecule has 1 aliphatic rings. The molecule has 4 nitrogen and oxygen atoms in total. The van der Waals surface area contributed by atoms with Crippen molar-refractivity contribution in [3.63, 3.8) is 0 Å². The smallest absolute Gasteiger partial charge is 0.250 e. The maximum absolute atomic E-state index is 12.9. The van der Waals surface area contributed by atoms with Crippen molar-refractivity contribution < 1.29 is 13.9 Å². The van der Waals surface area contributed by atoms with Crippen molar-refractivity contribution in [2.75, 3.05) is 19.7 Å². The zero-order valence-corrected chi connectivity index (χ0v) is 13.8. The lowest BCUT2D eigenvalue weighted by Crippen LogP contribution is -2.51. The average molecular weight is 331 g/mol. The zero-order chi connectivity index (χ0) is 15.2. The molecule has 2 unspecified atom stereocenters. The van der Waals surface area contributed by atoms with E-state index in [1.165, 1.54) is 12.1 Å². The van der Waals surface area contributed by atoms with E-state index in [1.54, 1.807) is 12.1 Å². The van der Waals surface area contributed by atoms with E-state index in [9.17, 15) is 9.18 Å². The Hall–Kier alpha value is -1.17. The highest BCUT2D eigenvalue weighted by molar-refractivity contribution is 5.85. The van der Waals surface area contributed by atoms with Crippen LogP contribution in [0.2, 0.25) is 0 Å². The van der Waals surface area contributed by atoms with Crippen molar-refractivity contribution in [2.24, 2.45) is 5.92 Å². The summed E-state index contributed by atoms with van der Waals surface area (Å²) in [6.07, 6.45) is 0.261. The van der Waals surface area contributed by atoms with E-state index in [0.717, 1.165) is 12.1 Å². The van der Waals surface area contributed by atoms with Crippen LogP contribution in [0.4, 0.5) is 4.39 Å². The van der Waals surface area contributed by atoms with Crippen LogP contribution in [0, 0.1) is 11.7 Å². The van der Waals surface area contributed by atoms with Crippen molar-refractivity contribution in [1.29, 1.82) is 0 Å². The average Bonchev–Trinajstić information content (AvgIpc) is 2.49. The molecule has 0 saturated carbocycles. The van der Waals surface area contributed by atoms with Gasteiger partial charge in [-0.05, 0) is 30.0 Å². The van der Waals surface area contributed by atoms with Crippen LogP contribution in [-0.2, 0) is 16.0 Å². The van der Waals surface area contributed by atoms with E-state index in [4.69, 9.17) is 4.74 Å². The number of benzene rings is 1. The molecule has 22 heavy (non-hydrogen) atoms. The van der Waals surface area contributed by atoms with Crippen molar-refractivity contribution in [3.05, 3.63) is 35.6 Å². The van der Waals surface area contributed by atoms with Gasteiger partial charge in [0.05, 0.1) is 6.61 Å². The van der Waals surface area contributed by atoms with Gasteiger partial charge in [-0.25, -0.2) is 4.39 Å². The highest BCUT2D eigenvalue weighted by Gasteiger charge is 2.25. The third-order valence-corrected chi connectivity index (χ3v) is 3.72. The molecule has 0 aliphatic carbocycles. The van der Waals surface area contributed by atoms with E-state index < -0.39 is 6.10 Å². The van der Waals surface area contributed by atoms with E-state index in [-0.39, 0.29) is 36.1 Å². The Balaban J connectivity index is 0.00000242. The van der Waals surface area contributed by atoms with Crippen LogP contribution >= 0.6 is 12.4 Å². The lowest BCUT2D eigenvalue weighted by Gasteiger charge is -2.27. The molecule has 1 aromatic carbocycles. The number of nitrogens with one attached hydrogen (secondary N) is 2. The number of amides is 1. The molecule has 1 heterocycles. The van der Waals surface area contributed by atoms with Gasteiger partial charge in [-0.2, -0.15) is 0 Å². The molecule has 0 spiro atoms. The maximum atomic E-state index is 12.9. The summed E-state index contributed by atoms with van der Waals surface area (Å²) in [6.45, 7) is 6.02. The fourth-order valence-corrected chi connectivity index (χ4v) is 2.34. The Labute approximate surface area is 137 Å². The quantitative estimate of drug-likeness (QED) is 0.867.